The van der Waals surface area contributed by atoms with Gasteiger partial charge in [0.15, 0.2) is 0 Å². The normalized spacial score (nSPS) is 10.0. The summed E-state index contributed by atoms with van der Waals surface area (Å²) in [6.07, 6.45) is 0. The van der Waals surface area contributed by atoms with Gasteiger partial charge in [0.1, 0.15) is 5.75 Å². The molecule has 0 aliphatic carbocycles. The molecule has 2 nitrogen and oxygen atoms in total. The predicted octanol–water partition coefficient (Wildman–Crippen LogP) is 3.85. The van der Waals surface area contributed by atoms with Crippen LogP contribution in [0.4, 0.5) is 11.4 Å². The first-order chi connectivity index (χ1) is 8.31. The van der Waals surface area contributed by atoms with Crippen LogP contribution in [-0.2, 0) is 0 Å². The average molecular weight is 227 g/mol. The van der Waals surface area contributed by atoms with Crippen LogP contribution < -0.4 is 9.64 Å². The Bertz CT molecular complexity index is 467. The smallest absolute Gasteiger partial charge is 0.121 e. The summed E-state index contributed by atoms with van der Waals surface area (Å²) in [6, 6.07) is 18.4. The number of para-hydroxylation sites is 1. The minimum absolute atomic E-state index is 0.693. The van der Waals surface area contributed by atoms with Crippen molar-refractivity contribution in [3.63, 3.8) is 0 Å². The van der Waals surface area contributed by atoms with E-state index >= 15 is 0 Å². The molecule has 0 atom stereocenters. The van der Waals surface area contributed by atoms with Crippen molar-refractivity contribution in [3.8, 4) is 5.75 Å². The Balaban J connectivity index is 2.25. The van der Waals surface area contributed by atoms with Crippen LogP contribution in [0.2, 0.25) is 0 Å². The third-order valence-corrected chi connectivity index (χ3v) is 2.66. The lowest BCUT2D eigenvalue weighted by molar-refractivity contribution is 0.340. The summed E-state index contributed by atoms with van der Waals surface area (Å²) in [7, 11) is 2.06. The van der Waals surface area contributed by atoms with E-state index in [1.807, 2.05) is 37.3 Å². The van der Waals surface area contributed by atoms with Crippen LogP contribution in [0.5, 0.6) is 5.75 Å². The van der Waals surface area contributed by atoms with Crippen LogP contribution in [0.1, 0.15) is 6.92 Å². The fraction of sp³-hybridized carbons (Fsp3) is 0.200. The van der Waals surface area contributed by atoms with E-state index < -0.39 is 0 Å². The Morgan fingerprint density at radius 3 is 2.35 bits per heavy atom. The Labute approximate surface area is 102 Å². The van der Waals surface area contributed by atoms with Crippen molar-refractivity contribution in [3.05, 3.63) is 54.6 Å². The summed E-state index contributed by atoms with van der Waals surface area (Å²) >= 11 is 0. The van der Waals surface area contributed by atoms with Crippen molar-refractivity contribution in [2.45, 2.75) is 6.92 Å². The van der Waals surface area contributed by atoms with E-state index in [0.29, 0.717) is 6.61 Å². The standard InChI is InChI=1S/C15H17NO/c1-3-17-15-11-7-10-14(12-15)16(2)13-8-5-4-6-9-13/h4-12H,3H2,1-2H3. The van der Waals surface area contributed by atoms with Gasteiger partial charge >= 0.3 is 0 Å². The molecule has 0 saturated carbocycles. The SMILES string of the molecule is CCOc1cccc(N(C)c2ccccc2)c1. The van der Waals surface area contributed by atoms with Crippen molar-refractivity contribution in [2.75, 3.05) is 18.6 Å². The molecule has 0 aliphatic heterocycles. The van der Waals surface area contributed by atoms with Gasteiger partial charge in [0, 0.05) is 24.5 Å². The van der Waals surface area contributed by atoms with Crippen molar-refractivity contribution in [1.29, 1.82) is 0 Å². The van der Waals surface area contributed by atoms with Gasteiger partial charge in [-0.15, -0.1) is 0 Å². The van der Waals surface area contributed by atoms with E-state index in [4.69, 9.17) is 4.74 Å². The number of anilines is 2. The molecule has 0 N–H and O–H groups in total. The molecule has 17 heavy (non-hydrogen) atoms. The molecule has 0 fully saturated rings. The summed E-state index contributed by atoms with van der Waals surface area (Å²) in [5, 5.41) is 0. The first kappa shape index (κ1) is 11.5. The second-order valence-corrected chi connectivity index (χ2v) is 3.82. The van der Waals surface area contributed by atoms with Crippen molar-refractivity contribution >= 4 is 11.4 Å². The Hall–Kier alpha value is -1.96. The fourth-order valence-corrected chi connectivity index (χ4v) is 1.75. The van der Waals surface area contributed by atoms with E-state index in [9.17, 15) is 0 Å². The van der Waals surface area contributed by atoms with Gasteiger partial charge in [-0.25, -0.2) is 0 Å². The molecule has 2 aromatic carbocycles. The molecule has 0 saturated heterocycles. The topological polar surface area (TPSA) is 12.5 Å². The molecule has 0 aromatic heterocycles. The second kappa shape index (κ2) is 5.39. The van der Waals surface area contributed by atoms with Crippen LogP contribution >= 0.6 is 0 Å². The van der Waals surface area contributed by atoms with Gasteiger partial charge in [-0.2, -0.15) is 0 Å². The summed E-state index contributed by atoms with van der Waals surface area (Å²) in [5.41, 5.74) is 2.29. The van der Waals surface area contributed by atoms with E-state index in [2.05, 4.69) is 36.2 Å². The predicted molar refractivity (Wildman–Crippen MR) is 72.1 cm³/mol. The van der Waals surface area contributed by atoms with Gasteiger partial charge < -0.3 is 9.64 Å². The van der Waals surface area contributed by atoms with Crippen LogP contribution in [0.3, 0.4) is 0 Å². The Morgan fingerprint density at radius 2 is 1.65 bits per heavy atom. The minimum atomic E-state index is 0.693. The number of ether oxygens (including phenoxy) is 1. The molecule has 0 unspecified atom stereocenters. The number of nitrogens with zero attached hydrogens (tertiary/aromatic N) is 1. The molecular weight excluding hydrogens is 210 g/mol. The molecule has 2 rings (SSSR count). The summed E-state index contributed by atoms with van der Waals surface area (Å²) in [4.78, 5) is 2.14. The largest absolute Gasteiger partial charge is 0.494 e. The van der Waals surface area contributed by atoms with E-state index in [1.165, 1.54) is 5.69 Å². The van der Waals surface area contributed by atoms with Gasteiger partial charge in [-0.05, 0) is 31.2 Å². The number of hydrogen-bond donors (Lipinski definition) is 0. The average Bonchev–Trinajstić information content (AvgIpc) is 2.40. The van der Waals surface area contributed by atoms with Gasteiger partial charge in [0.05, 0.1) is 6.61 Å². The zero-order chi connectivity index (χ0) is 12.1. The molecule has 88 valence electrons. The third-order valence-electron chi connectivity index (χ3n) is 2.66. The van der Waals surface area contributed by atoms with E-state index in [1.54, 1.807) is 0 Å². The zero-order valence-corrected chi connectivity index (χ0v) is 10.3. The highest BCUT2D eigenvalue weighted by molar-refractivity contribution is 5.63. The minimum Gasteiger partial charge on any atom is -0.494 e. The van der Waals surface area contributed by atoms with Crippen LogP contribution in [0, 0.1) is 0 Å². The highest BCUT2D eigenvalue weighted by Crippen LogP contribution is 2.26. The fourth-order valence-electron chi connectivity index (χ4n) is 1.75. The maximum absolute atomic E-state index is 5.51. The third kappa shape index (κ3) is 2.78. The first-order valence-corrected chi connectivity index (χ1v) is 5.83. The lowest BCUT2D eigenvalue weighted by Gasteiger charge is -2.20. The molecule has 2 aromatic rings. The van der Waals surface area contributed by atoms with Crippen molar-refractivity contribution in [1.82, 2.24) is 0 Å². The van der Waals surface area contributed by atoms with Crippen molar-refractivity contribution < 1.29 is 4.74 Å². The lowest BCUT2D eigenvalue weighted by Crippen LogP contribution is -2.09. The van der Waals surface area contributed by atoms with E-state index in [0.717, 1.165) is 11.4 Å². The highest BCUT2D eigenvalue weighted by Gasteiger charge is 2.03. The Kier molecular flexibility index (Phi) is 3.66. The van der Waals surface area contributed by atoms with Gasteiger partial charge in [0.2, 0.25) is 0 Å². The molecule has 2 heteroatoms. The van der Waals surface area contributed by atoms with Crippen LogP contribution in [-0.4, -0.2) is 13.7 Å². The number of hydrogen-bond acceptors (Lipinski definition) is 2. The maximum atomic E-state index is 5.51. The van der Waals surface area contributed by atoms with E-state index in [-0.39, 0.29) is 0 Å². The zero-order valence-electron chi connectivity index (χ0n) is 10.3. The molecule has 0 aliphatic rings. The molecule has 0 radical (unpaired) electrons. The first-order valence-electron chi connectivity index (χ1n) is 5.83. The highest BCUT2D eigenvalue weighted by atomic mass is 16.5. The molecule has 0 heterocycles. The van der Waals surface area contributed by atoms with Crippen LogP contribution in [0.25, 0.3) is 0 Å². The quantitative estimate of drug-likeness (QED) is 0.786. The lowest BCUT2D eigenvalue weighted by atomic mass is 10.2. The maximum Gasteiger partial charge on any atom is 0.121 e. The monoisotopic (exact) mass is 227 g/mol. The van der Waals surface area contributed by atoms with Gasteiger partial charge in [-0.3, -0.25) is 0 Å². The summed E-state index contributed by atoms with van der Waals surface area (Å²) < 4.78 is 5.51. The Morgan fingerprint density at radius 1 is 0.941 bits per heavy atom. The number of benzene rings is 2. The molecule has 0 bridgehead atoms. The molecular formula is C15H17NO. The second-order valence-electron chi connectivity index (χ2n) is 3.82. The molecule has 0 spiro atoms. The van der Waals surface area contributed by atoms with Crippen molar-refractivity contribution in [2.24, 2.45) is 0 Å². The van der Waals surface area contributed by atoms with Gasteiger partial charge in [-0.1, -0.05) is 24.3 Å². The van der Waals surface area contributed by atoms with Crippen LogP contribution in [0.15, 0.2) is 54.6 Å². The molecule has 0 amide bonds. The summed E-state index contributed by atoms with van der Waals surface area (Å²) in [5.74, 6) is 0.910. The van der Waals surface area contributed by atoms with Gasteiger partial charge in [0.25, 0.3) is 0 Å². The number of rotatable bonds is 4. The summed E-state index contributed by atoms with van der Waals surface area (Å²) in [6.45, 7) is 2.69.